The van der Waals surface area contributed by atoms with E-state index in [1.165, 1.54) is 22.3 Å². The van der Waals surface area contributed by atoms with Gasteiger partial charge in [-0.1, -0.05) is 137 Å². The Hall–Kier alpha value is -3.99. The summed E-state index contributed by atoms with van der Waals surface area (Å²) in [5.41, 5.74) is 8.15. The number of benzene rings is 5. The highest BCUT2D eigenvalue weighted by atomic mass is 79.9. The number of hydrogen-bond acceptors (Lipinski definition) is 3. The molecule has 0 bridgehead atoms. The molecule has 37 heavy (non-hydrogen) atoms. The standard InChI is InChI=1S/C33H26BrN3/c34-30-21-19-29(20-22-30)33-36-31(27-15-11-25(12-16-27)23-7-3-1-4-8-23)35-32(37-33)28-17-13-26(14-18-28)24-9-5-2-6-10-24/h1-22,31,33,36H,(H,35,37). The Morgan fingerprint density at radius 3 is 1.51 bits per heavy atom. The molecule has 6 rings (SSSR count). The van der Waals surface area contributed by atoms with E-state index >= 15 is 0 Å². The van der Waals surface area contributed by atoms with Crippen molar-refractivity contribution in [2.24, 2.45) is 4.99 Å². The molecule has 0 saturated carbocycles. The van der Waals surface area contributed by atoms with Crippen LogP contribution in [0.2, 0.25) is 0 Å². The Morgan fingerprint density at radius 1 is 0.486 bits per heavy atom. The Morgan fingerprint density at radius 2 is 0.946 bits per heavy atom. The SMILES string of the molecule is Brc1ccc(C2NC(c3ccc(-c4ccccc4)cc3)=NC(c3ccc(-c4ccccc4)cc3)N2)cc1. The quantitative estimate of drug-likeness (QED) is 0.235. The summed E-state index contributed by atoms with van der Waals surface area (Å²) in [4.78, 5) is 5.11. The van der Waals surface area contributed by atoms with Gasteiger partial charge in [0.1, 0.15) is 18.2 Å². The van der Waals surface area contributed by atoms with Crippen LogP contribution in [0.25, 0.3) is 22.3 Å². The Bertz CT molecular complexity index is 1490. The molecule has 0 saturated heterocycles. The topological polar surface area (TPSA) is 36.4 Å². The van der Waals surface area contributed by atoms with Crippen LogP contribution in [-0.4, -0.2) is 5.84 Å². The average Bonchev–Trinajstić information content (AvgIpc) is 2.98. The van der Waals surface area contributed by atoms with Gasteiger partial charge in [0.2, 0.25) is 0 Å². The molecule has 2 N–H and O–H groups in total. The van der Waals surface area contributed by atoms with Crippen molar-refractivity contribution in [3.63, 3.8) is 0 Å². The zero-order valence-corrected chi connectivity index (χ0v) is 21.8. The third-order valence-corrected chi connectivity index (χ3v) is 7.19. The molecule has 2 atom stereocenters. The molecule has 0 aromatic heterocycles. The fraction of sp³-hybridized carbons (Fsp3) is 0.0606. The minimum atomic E-state index is -0.177. The first-order valence-corrected chi connectivity index (χ1v) is 13.2. The molecule has 0 amide bonds. The first-order chi connectivity index (χ1) is 18.2. The minimum Gasteiger partial charge on any atom is -0.350 e. The second-order valence-corrected chi connectivity index (χ2v) is 10.0. The molecule has 1 aliphatic rings. The molecule has 0 fully saturated rings. The van der Waals surface area contributed by atoms with E-state index in [-0.39, 0.29) is 12.3 Å². The van der Waals surface area contributed by atoms with Crippen molar-refractivity contribution >= 4 is 21.8 Å². The van der Waals surface area contributed by atoms with Crippen LogP contribution in [0.1, 0.15) is 29.0 Å². The summed E-state index contributed by atoms with van der Waals surface area (Å²) >= 11 is 3.55. The first kappa shape index (κ1) is 23.4. The Labute approximate surface area is 226 Å². The molecule has 3 nitrogen and oxygen atoms in total. The Balaban J connectivity index is 1.33. The monoisotopic (exact) mass is 543 g/mol. The second kappa shape index (κ2) is 10.6. The van der Waals surface area contributed by atoms with Crippen LogP contribution in [-0.2, 0) is 0 Å². The van der Waals surface area contributed by atoms with Crippen molar-refractivity contribution < 1.29 is 0 Å². The van der Waals surface area contributed by atoms with Crippen LogP contribution in [0.3, 0.4) is 0 Å². The highest BCUT2D eigenvalue weighted by molar-refractivity contribution is 9.10. The van der Waals surface area contributed by atoms with E-state index in [4.69, 9.17) is 4.99 Å². The molecule has 1 heterocycles. The molecule has 0 spiro atoms. The van der Waals surface area contributed by atoms with Gasteiger partial charge < -0.3 is 5.32 Å². The lowest BCUT2D eigenvalue weighted by Crippen LogP contribution is -2.44. The van der Waals surface area contributed by atoms with Gasteiger partial charge in [0.15, 0.2) is 0 Å². The second-order valence-electron chi connectivity index (χ2n) is 9.11. The number of nitrogens with one attached hydrogen (secondary N) is 2. The molecule has 2 unspecified atom stereocenters. The number of hydrogen-bond donors (Lipinski definition) is 2. The number of nitrogens with zero attached hydrogens (tertiary/aromatic N) is 1. The largest absolute Gasteiger partial charge is 0.350 e. The van der Waals surface area contributed by atoms with Crippen molar-refractivity contribution in [1.29, 1.82) is 0 Å². The van der Waals surface area contributed by atoms with E-state index in [0.717, 1.165) is 27.0 Å². The number of halogens is 1. The molecule has 1 aliphatic heterocycles. The van der Waals surface area contributed by atoms with Gasteiger partial charge in [0, 0.05) is 10.0 Å². The molecular formula is C33H26BrN3. The summed E-state index contributed by atoms with van der Waals surface area (Å²) < 4.78 is 1.06. The maximum absolute atomic E-state index is 5.11. The van der Waals surface area contributed by atoms with Gasteiger partial charge in [-0.25, -0.2) is 4.99 Å². The van der Waals surface area contributed by atoms with Crippen LogP contribution in [0.5, 0.6) is 0 Å². The fourth-order valence-corrected chi connectivity index (χ4v) is 4.91. The lowest BCUT2D eigenvalue weighted by molar-refractivity contribution is 0.409. The average molecular weight is 544 g/mol. The number of rotatable bonds is 5. The number of aliphatic imine (C=N–C) groups is 1. The van der Waals surface area contributed by atoms with Crippen LogP contribution >= 0.6 is 15.9 Å². The van der Waals surface area contributed by atoms with E-state index < -0.39 is 0 Å². The van der Waals surface area contributed by atoms with Gasteiger partial charge >= 0.3 is 0 Å². The fourth-order valence-electron chi connectivity index (χ4n) is 4.64. The third kappa shape index (κ3) is 5.26. The van der Waals surface area contributed by atoms with E-state index in [9.17, 15) is 0 Å². The third-order valence-electron chi connectivity index (χ3n) is 6.67. The molecule has 180 valence electrons. The summed E-state index contributed by atoms with van der Waals surface area (Å²) in [6, 6.07) is 46.6. The normalized spacial score (nSPS) is 17.1. The van der Waals surface area contributed by atoms with Crippen molar-refractivity contribution in [2.45, 2.75) is 12.3 Å². The number of amidine groups is 1. The summed E-state index contributed by atoms with van der Waals surface area (Å²) in [5.74, 6) is 0.878. The van der Waals surface area contributed by atoms with E-state index in [1.54, 1.807) is 0 Å². The maximum Gasteiger partial charge on any atom is 0.131 e. The van der Waals surface area contributed by atoms with E-state index in [0.29, 0.717) is 0 Å². The summed E-state index contributed by atoms with van der Waals surface area (Å²) in [6.07, 6.45) is -0.253. The zero-order chi connectivity index (χ0) is 25.0. The van der Waals surface area contributed by atoms with E-state index in [2.05, 4.69) is 148 Å². The van der Waals surface area contributed by atoms with Gasteiger partial charge in [-0.15, -0.1) is 0 Å². The lowest BCUT2D eigenvalue weighted by atomic mass is 10.0. The molecule has 0 aliphatic carbocycles. The van der Waals surface area contributed by atoms with Crippen LogP contribution < -0.4 is 10.6 Å². The highest BCUT2D eigenvalue weighted by Crippen LogP contribution is 2.28. The van der Waals surface area contributed by atoms with Gasteiger partial charge in [0.25, 0.3) is 0 Å². The predicted molar refractivity (Wildman–Crippen MR) is 156 cm³/mol. The molecule has 4 heteroatoms. The van der Waals surface area contributed by atoms with Crippen molar-refractivity contribution in [1.82, 2.24) is 10.6 Å². The predicted octanol–water partition coefficient (Wildman–Crippen LogP) is 8.12. The smallest absolute Gasteiger partial charge is 0.131 e. The molecule has 5 aromatic carbocycles. The highest BCUT2D eigenvalue weighted by Gasteiger charge is 2.25. The van der Waals surface area contributed by atoms with Gasteiger partial charge in [-0.3, -0.25) is 5.32 Å². The molecular weight excluding hydrogens is 518 g/mol. The van der Waals surface area contributed by atoms with Gasteiger partial charge in [-0.2, -0.15) is 0 Å². The Kier molecular flexibility index (Phi) is 6.68. The van der Waals surface area contributed by atoms with Crippen LogP contribution in [0.4, 0.5) is 0 Å². The zero-order valence-electron chi connectivity index (χ0n) is 20.2. The summed E-state index contributed by atoms with van der Waals surface area (Å²) in [5, 5.41) is 7.31. The van der Waals surface area contributed by atoms with Crippen LogP contribution in [0.15, 0.2) is 143 Å². The lowest BCUT2D eigenvalue weighted by Gasteiger charge is -2.32. The van der Waals surface area contributed by atoms with Crippen molar-refractivity contribution in [3.8, 4) is 22.3 Å². The van der Waals surface area contributed by atoms with E-state index in [1.807, 2.05) is 12.1 Å². The first-order valence-electron chi connectivity index (χ1n) is 12.4. The van der Waals surface area contributed by atoms with Crippen molar-refractivity contribution in [2.75, 3.05) is 0 Å². The maximum atomic E-state index is 5.11. The summed E-state index contributed by atoms with van der Waals surface area (Å²) in [7, 11) is 0. The van der Waals surface area contributed by atoms with Gasteiger partial charge in [-0.05, 0) is 45.5 Å². The summed E-state index contributed by atoms with van der Waals surface area (Å²) in [6.45, 7) is 0. The van der Waals surface area contributed by atoms with Crippen LogP contribution in [0, 0.1) is 0 Å². The molecule has 0 radical (unpaired) electrons. The minimum absolute atomic E-state index is 0.0757. The van der Waals surface area contributed by atoms with Crippen molar-refractivity contribution in [3.05, 3.63) is 155 Å². The van der Waals surface area contributed by atoms with Gasteiger partial charge in [0.05, 0.1) is 0 Å². The molecule has 5 aromatic rings.